The molecule has 0 aliphatic carbocycles. The van der Waals surface area contributed by atoms with Gasteiger partial charge in [-0.05, 0) is 49.3 Å². The summed E-state index contributed by atoms with van der Waals surface area (Å²) in [7, 11) is 0. The molecule has 1 aromatic heterocycles. The Labute approximate surface area is 110 Å². The fourth-order valence-corrected chi connectivity index (χ4v) is 2.75. The first-order valence-electron chi connectivity index (χ1n) is 6.45. The van der Waals surface area contributed by atoms with Gasteiger partial charge in [-0.2, -0.15) is 0 Å². The largest absolute Gasteiger partial charge is 0.310 e. The summed E-state index contributed by atoms with van der Waals surface area (Å²) in [5.41, 5.74) is 1.33. The second-order valence-electron chi connectivity index (χ2n) is 4.74. The number of pyridine rings is 1. The Hall–Kier alpha value is -0.540. The minimum Gasteiger partial charge on any atom is -0.310 e. The fraction of sp³-hybridized carbons (Fsp3) is 0.643. The van der Waals surface area contributed by atoms with E-state index in [0.717, 1.165) is 23.2 Å². The zero-order valence-electron chi connectivity index (χ0n) is 11.4. The van der Waals surface area contributed by atoms with Crippen LogP contribution in [0.1, 0.15) is 45.7 Å². The molecule has 0 aliphatic rings. The van der Waals surface area contributed by atoms with Gasteiger partial charge >= 0.3 is 0 Å². The molecular formula is C14H24N2S. The lowest BCUT2D eigenvalue weighted by Gasteiger charge is -2.13. The monoisotopic (exact) mass is 252 g/mol. The highest BCUT2D eigenvalue weighted by Gasteiger charge is 2.05. The first-order chi connectivity index (χ1) is 8.13. The van der Waals surface area contributed by atoms with Crippen molar-refractivity contribution in [1.29, 1.82) is 0 Å². The lowest BCUT2D eigenvalue weighted by Crippen LogP contribution is -2.17. The molecule has 1 rings (SSSR count). The van der Waals surface area contributed by atoms with Gasteiger partial charge in [0.15, 0.2) is 0 Å². The molecule has 0 saturated heterocycles. The molecule has 0 amide bonds. The molecule has 1 N–H and O–H groups in total. The quantitative estimate of drug-likeness (QED) is 0.745. The zero-order valence-corrected chi connectivity index (χ0v) is 12.2. The van der Waals surface area contributed by atoms with Crippen molar-refractivity contribution in [2.24, 2.45) is 5.92 Å². The number of rotatable bonds is 7. The third-order valence-corrected chi connectivity index (χ3v) is 3.67. The third kappa shape index (κ3) is 5.55. The van der Waals surface area contributed by atoms with Crippen LogP contribution in [0.5, 0.6) is 0 Å². The molecule has 0 fully saturated rings. The van der Waals surface area contributed by atoms with Gasteiger partial charge in [0.1, 0.15) is 0 Å². The van der Waals surface area contributed by atoms with Gasteiger partial charge < -0.3 is 5.32 Å². The molecule has 1 unspecified atom stereocenters. The van der Waals surface area contributed by atoms with Gasteiger partial charge in [0.05, 0.1) is 5.03 Å². The van der Waals surface area contributed by atoms with Gasteiger partial charge in [-0.1, -0.05) is 20.8 Å². The van der Waals surface area contributed by atoms with Gasteiger partial charge in [0, 0.05) is 12.2 Å². The van der Waals surface area contributed by atoms with E-state index in [4.69, 9.17) is 0 Å². The van der Waals surface area contributed by atoms with Crippen molar-refractivity contribution in [2.75, 3.05) is 12.3 Å². The lowest BCUT2D eigenvalue weighted by molar-refractivity contribution is 0.595. The number of nitrogens with zero attached hydrogens (tertiary/aromatic N) is 1. The van der Waals surface area contributed by atoms with Crippen LogP contribution in [0.3, 0.4) is 0 Å². The van der Waals surface area contributed by atoms with Gasteiger partial charge in [-0.25, -0.2) is 4.98 Å². The molecular weight excluding hydrogens is 228 g/mol. The standard InChI is InChI=1S/C14H24N2S/c1-5-15-12(4)13-6-8-16-14(10-13)17-9-7-11(2)3/h6,8,10-12,15H,5,7,9H2,1-4H3. The van der Waals surface area contributed by atoms with Crippen molar-refractivity contribution >= 4 is 11.8 Å². The Kier molecular flexibility index (Phi) is 6.60. The van der Waals surface area contributed by atoms with E-state index in [1.165, 1.54) is 12.0 Å². The van der Waals surface area contributed by atoms with E-state index >= 15 is 0 Å². The maximum atomic E-state index is 4.41. The summed E-state index contributed by atoms with van der Waals surface area (Å²) in [6.45, 7) is 9.85. The van der Waals surface area contributed by atoms with Crippen LogP contribution >= 0.6 is 11.8 Å². The molecule has 1 aromatic rings. The summed E-state index contributed by atoms with van der Waals surface area (Å²) in [4.78, 5) is 4.41. The van der Waals surface area contributed by atoms with Crippen LogP contribution in [0.15, 0.2) is 23.4 Å². The Morgan fingerprint density at radius 1 is 1.35 bits per heavy atom. The minimum atomic E-state index is 0.410. The van der Waals surface area contributed by atoms with E-state index in [9.17, 15) is 0 Å². The molecule has 2 nitrogen and oxygen atoms in total. The lowest BCUT2D eigenvalue weighted by atomic mass is 10.1. The average molecular weight is 252 g/mol. The molecule has 96 valence electrons. The van der Waals surface area contributed by atoms with Crippen molar-refractivity contribution in [1.82, 2.24) is 10.3 Å². The molecule has 1 heterocycles. The van der Waals surface area contributed by atoms with E-state index in [-0.39, 0.29) is 0 Å². The molecule has 3 heteroatoms. The van der Waals surface area contributed by atoms with Crippen molar-refractivity contribution in [2.45, 2.75) is 45.2 Å². The molecule has 0 spiro atoms. The van der Waals surface area contributed by atoms with Crippen molar-refractivity contribution < 1.29 is 0 Å². The first-order valence-corrected chi connectivity index (χ1v) is 7.44. The average Bonchev–Trinajstić information content (AvgIpc) is 2.29. The molecule has 0 radical (unpaired) electrons. The van der Waals surface area contributed by atoms with E-state index in [0.29, 0.717) is 6.04 Å². The maximum Gasteiger partial charge on any atom is 0.0963 e. The summed E-state index contributed by atoms with van der Waals surface area (Å²) >= 11 is 1.86. The normalized spacial score (nSPS) is 13.0. The van der Waals surface area contributed by atoms with Crippen LogP contribution in [-0.2, 0) is 0 Å². The Bertz CT molecular complexity index is 326. The molecule has 0 saturated carbocycles. The smallest absolute Gasteiger partial charge is 0.0963 e. The number of aromatic nitrogens is 1. The van der Waals surface area contributed by atoms with Crippen LogP contribution in [0.4, 0.5) is 0 Å². The van der Waals surface area contributed by atoms with E-state index in [2.05, 4.69) is 50.1 Å². The molecule has 1 atom stereocenters. The maximum absolute atomic E-state index is 4.41. The topological polar surface area (TPSA) is 24.9 Å². The van der Waals surface area contributed by atoms with E-state index in [1.54, 1.807) is 0 Å². The van der Waals surface area contributed by atoms with Gasteiger partial charge in [0.2, 0.25) is 0 Å². The summed E-state index contributed by atoms with van der Waals surface area (Å²) in [5.74, 6) is 1.93. The predicted molar refractivity (Wildman–Crippen MR) is 76.5 cm³/mol. The minimum absolute atomic E-state index is 0.410. The highest BCUT2D eigenvalue weighted by Crippen LogP contribution is 2.21. The van der Waals surface area contributed by atoms with Gasteiger partial charge in [-0.3, -0.25) is 0 Å². The highest BCUT2D eigenvalue weighted by molar-refractivity contribution is 7.99. The Balaban J connectivity index is 2.53. The molecule has 17 heavy (non-hydrogen) atoms. The summed E-state index contributed by atoms with van der Waals surface area (Å²) in [6, 6.07) is 4.71. The molecule has 0 aliphatic heterocycles. The fourth-order valence-electron chi connectivity index (χ4n) is 1.60. The Morgan fingerprint density at radius 2 is 2.12 bits per heavy atom. The number of hydrogen-bond donors (Lipinski definition) is 1. The first kappa shape index (κ1) is 14.5. The molecule has 0 bridgehead atoms. The van der Waals surface area contributed by atoms with Gasteiger partial charge in [-0.15, -0.1) is 11.8 Å². The van der Waals surface area contributed by atoms with Crippen molar-refractivity contribution in [3.05, 3.63) is 23.9 Å². The summed E-state index contributed by atoms with van der Waals surface area (Å²) < 4.78 is 0. The van der Waals surface area contributed by atoms with E-state index < -0.39 is 0 Å². The van der Waals surface area contributed by atoms with Crippen LogP contribution in [-0.4, -0.2) is 17.3 Å². The van der Waals surface area contributed by atoms with Crippen LogP contribution in [0.2, 0.25) is 0 Å². The summed E-state index contributed by atoms with van der Waals surface area (Å²) in [6.07, 6.45) is 3.17. The Morgan fingerprint density at radius 3 is 2.76 bits per heavy atom. The molecule has 0 aromatic carbocycles. The van der Waals surface area contributed by atoms with Gasteiger partial charge in [0.25, 0.3) is 0 Å². The SMILES string of the molecule is CCNC(C)c1ccnc(SCCC(C)C)c1. The second-order valence-corrected chi connectivity index (χ2v) is 5.85. The van der Waals surface area contributed by atoms with Crippen LogP contribution < -0.4 is 5.32 Å². The van der Waals surface area contributed by atoms with Crippen LogP contribution in [0, 0.1) is 5.92 Å². The number of hydrogen-bond acceptors (Lipinski definition) is 3. The van der Waals surface area contributed by atoms with Crippen LogP contribution in [0.25, 0.3) is 0 Å². The number of thioether (sulfide) groups is 1. The third-order valence-electron chi connectivity index (χ3n) is 2.71. The van der Waals surface area contributed by atoms with Crippen molar-refractivity contribution in [3.63, 3.8) is 0 Å². The summed E-state index contributed by atoms with van der Waals surface area (Å²) in [5, 5.41) is 4.57. The highest BCUT2D eigenvalue weighted by atomic mass is 32.2. The predicted octanol–water partition coefficient (Wildman–Crippen LogP) is 3.89. The van der Waals surface area contributed by atoms with E-state index in [1.807, 2.05) is 18.0 Å². The second kappa shape index (κ2) is 7.72. The zero-order chi connectivity index (χ0) is 12.7. The van der Waals surface area contributed by atoms with Crippen molar-refractivity contribution in [3.8, 4) is 0 Å². The number of nitrogens with one attached hydrogen (secondary N) is 1.